The number of piperidine rings is 1. The lowest BCUT2D eigenvalue weighted by Crippen LogP contribution is -2.34. The second kappa shape index (κ2) is 7.84. The molecule has 6 nitrogen and oxygen atoms in total. The Kier molecular flexibility index (Phi) is 5.09. The van der Waals surface area contributed by atoms with Gasteiger partial charge in [0.05, 0.1) is 18.3 Å². The Morgan fingerprint density at radius 1 is 1.21 bits per heavy atom. The average Bonchev–Trinajstić information content (AvgIpc) is 3.12. The SMILES string of the molecule is Cc1ccc(Oc2ccc(-c3cc(N)n(C4CCCN(C#N)C4)n3)cc2)c(F)c1. The Morgan fingerprint density at radius 2 is 2.00 bits per heavy atom. The quantitative estimate of drug-likeness (QED) is 0.663. The van der Waals surface area contributed by atoms with E-state index in [1.165, 1.54) is 6.07 Å². The van der Waals surface area contributed by atoms with Crippen LogP contribution < -0.4 is 10.5 Å². The number of nitrogen functional groups attached to an aromatic ring is 1. The third-order valence-corrected chi connectivity index (χ3v) is 5.11. The van der Waals surface area contributed by atoms with Gasteiger partial charge in [0.25, 0.3) is 0 Å². The van der Waals surface area contributed by atoms with E-state index in [1.54, 1.807) is 29.2 Å². The number of ether oxygens (including phenoxy) is 1. The number of hydrogen-bond donors (Lipinski definition) is 1. The highest BCUT2D eigenvalue weighted by Crippen LogP contribution is 2.30. The number of likely N-dealkylation sites (tertiary alicyclic amines) is 1. The van der Waals surface area contributed by atoms with Crippen LogP contribution in [0, 0.1) is 24.2 Å². The molecule has 1 aliphatic heterocycles. The number of aromatic nitrogens is 2. The lowest BCUT2D eigenvalue weighted by Gasteiger charge is -2.29. The first-order chi connectivity index (χ1) is 14.0. The molecule has 29 heavy (non-hydrogen) atoms. The second-order valence-electron chi connectivity index (χ2n) is 7.30. The monoisotopic (exact) mass is 391 g/mol. The first kappa shape index (κ1) is 18.8. The van der Waals surface area contributed by atoms with E-state index in [4.69, 9.17) is 15.7 Å². The topological polar surface area (TPSA) is 80.1 Å². The van der Waals surface area contributed by atoms with Crippen molar-refractivity contribution >= 4 is 5.82 Å². The highest BCUT2D eigenvalue weighted by molar-refractivity contribution is 5.63. The van der Waals surface area contributed by atoms with E-state index in [2.05, 4.69) is 11.3 Å². The largest absolute Gasteiger partial charge is 0.454 e. The minimum Gasteiger partial charge on any atom is -0.454 e. The van der Waals surface area contributed by atoms with Crippen LogP contribution in [-0.4, -0.2) is 27.8 Å². The van der Waals surface area contributed by atoms with Crippen LogP contribution in [0.4, 0.5) is 10.2 Å². The van der Waals surface area contributed by atoms with Gasteiger partial charge in [0.2, 0.25) is 0 Å². The maximum atomic E-state index is 14.0. The summed E-state index contributed by atoms with van der Waals surface area (Å²) in [6, 6.07) is 14.1. The standard InChI is InChI=1S/C22H22FN5O/c1-15-4-9-21(19(23)11-15)29-18-7-5-16(6-8-18)20-12-22(25)28(26-20)17-3-2-10-27(13-17)14-24/h4-9,11-12,17H,2-3,10,13,25H2,1H3. The third kappa shape index (κ3) is 4.02. The van der Waals surface area contributed by atoms with Crippen LogP contribution in [0.15, 0.2) is 48.5 Å². The molecular formula is C22H22FN5O. The summed E-state index contributed by atoms with van der Waals surface area (Å²) >= 11 is 0. The summed E-state index contributed by atoms with van der Waals surface area (Å²) in [7, 11) is 0. The van der Waals surface area contributed by atoms with Crippen molar-refractivity contribution in [3.8, 4) is 28.9 Å². The van der Waals surface area contributed by atoms with Crippen LogP contribution in [0.5, 0.6) is 11.5 Å². The molecule has 0 bridgehead atoms. The number of aryl methyl sites for hydroxylation is 1. The van der Waals surface area contributed by atoms with Crippen LogP contribution in [0.1, 0.15) is 24.4 Å². The number of hydrogen-bond acceptors (Lipinski definition) is 5. The van der Waals surface area contributed by atoms with Gasteiger partial charge >= 0.3 is 0 Å². The molecule has 1 unspecified atom stereocenters. The van der Waals surface area contributed by atoms with E-state index in [0.717, 1.165) is 36.2 Å². The van der Waals surface area contributed by atoms with Crippen molar-refractivity contribution in [2.24, 2.45) is 0 Å². The van der Waals surface area contributed by atoms with Gasteiger partial charge < -0.3 is 15.4 Å². The lowest BCUT2D eigenvalue weighted by molar-refractivity contribution is 0.235. The molecule has 0 amide bonds. The molecule has 1 fully saturated rings. The van der Waals surface area contributed by atoms with Crippen molar-refractivity contribution in [1.29, 1.82) is 5.26 Å². The lowest BCUT2D eigenvalue weighted by atomic mass is 10.1. The zero-order chi connectivity index (χ0) is 20.4. The zero-order valence-corrected chi connectivity index (χ0v) is 16.2. The van der Waals surface area contributed by atoms with E-state index in [9.17, 15) is 4.39 Å². The van der Waals surface area contributed by atoms with Crippen LogP contribution in [0.3, 0.4) is 0 Å². The Labute approximate surface area is 168 Å². The summed E-state index contributed by atoms with van der Waals surface area (Å²) in [5.74, 6) is 0.920. The van der Waals surface area contributed by atoms with Crippen molar-refractivity contribution in [2.45, 2.75) is 25.8 Å². The Hall–Kier alpha value is -3.53. The number of benzene rings is 2. The van der Waals surface area contributed by atoms with Crippen LogP contribution in [0.2, 0.25) is 0 Å². The van der Waals surface area contributed by atoms with Crippen LogP contribution in [-0.2, 0) is 0 Å². The molecular weight excluding hydrogens is 369 g/mol. The van der Waals surface area contributed by atoms with Gasteiger partial charge in [0, 0.05) is 18.2 Å². The summed E-state index contributed by atoms with van der Waals surface area (Å²) in [4.78, 5) is 1.74. The van der Waals surface area contributed by atoms with Crippen molar-refractivity contribution in [2.75, 3.05) is 18.8 Å². The van der Waals surface area contributed by atoms with Gasteiger partial charge in [-0.05, 0) is 61.7 Å². The summed E-state index contributed by atoms with van der Waals surface area (Å²) in [6.07, 6.45) is 4.09. The fourth-order valence-electron chi connectivity index (χ4n) is 3.60. The van der Waals surface area contributed by atoms with E-state index in [0.29, 0.717) is 18.1 Å². The van der Waals surface area contributed by atoms with Gasteiger partial charge in [0.15, 0.2) is 17.8 Å². The van der Waals surface area contributed by atoms with Gasteiger partial charge in [-0.1, -0.05) is 6.07 Å². The van der Waals surface area contributed by atoms with E-state index < -0.39 is 0 Å². The Balaban J connectivity index is 1.51. The molecule has 4 rings (SSSR count). The predicted octanol–water partition coefficient (Wildman–Crippen LogP) is 4.49. The molecule has 2 N–H and O–H groups in total. The van der Waals surface area contributed by atoms with Crippen molar-refractivity contribution in [3.05, 3.63) is 59.9 Å². The molecule has 1 saturated heterocycles. The van der Waals surface area contributed by atoms with Crippen LogP contribution in [0.25, 0.3) is 11.3 Å². The molecule has 148 valence electrons. The number of nitriles is 1. The average molecular weight is 391 g/mol. The molecule has 2 aromatic carbocycles. The molecule has 1 aromatic heterocycles. The van der Waals surface area contributed by atoms with E-state index >= 15 is 0 Å². The molecule has 7 heteroatoms. The smallest absolute Gasteiger partial charge is 0.179 e. The van der Waals surface area contributed by atoms with E-state index in [1.807, 2.05) is 29.8 Å². The molecule has 0 aliphatic carbocycles. The fraction of sp³-hybridized carbons (Fsp3) is 0.273. The fourth-order valence-corrected chi connectivity index (χ4v) is 3.60. The van der Waals surface area contributed by atoms with E-state index in [-0.39, 0.29) is 17.6 Å². The van der Waals surface area contributed by atoms with Crippen LogP contribution >= 0.6 is 0 Å². The predicted molar refractivity (Wildman–Crippen MR) is 109 cm³/mol. The molecule has 2 heterocycles. The first-order valence-electron chi connectivity index (χ1n) is 9.57. The number of anilines is 1. The van der Waals surface area contributed by atoms with Gasteiger partial charge in [0.1, 0.15) is 11.6 Å². The maximum absolute atomic E-state index is 14.0. The number of halogens is 1. The van der Waals surface area contributed by atoms with Gasteiger partial charge in [-0.3, -0.25) is 0 Å². The van der Waals surface area contributed by atoms with Gasteiger partial charge in [-0.25, -0.2) is 9.07 Å². The number of nitrogens with zero attached hydrogens (tertiary/aromatic N) is 4. The maximum Gasteiger partial charge on any atom is 0.179 e. The third-order valence-electron chi connectivity index (χ3n) is 5.11. The van der Waals surface area contributed by atoms with Crippen molar-refractivity contribution < 1.29 is 9.13 Å². The second-order valence-corrected chi connectivity index (χ2v) is 7.30. The Bertz CT molecular complexity index is 1050. The minimum absolute atomic E-state index is 0.0873. The molecule has 1 atom stereocenters. The zero-order valence-electron chi connectivity index (χ0n) is 16.2. The van der Waals surface area contributed by atoms with Crippen molar-refractivity contribution in [1.82, 2.24) is 14.7 Å². The summed E-state index contributed by atoms with van der Waals surface area (Å²) in [5.41, 5.74) is 8.68. The number of rotatable bonds is 4. The molecule has 0 spiro atoms. The minimum atomic E-state index is -0.389. The normalized spacial score (nSPS) is 16.4. The van der Waals surface area contributed by atoms with Gasteiger partial charge in [-0.15, -0.1) is 0 Å². The molecule has 3 aromatic rings. The van der Waals surface area contributed by atoms with Gasteiger partial charge in [-0.2, -0.15) is 10.4 Å². The Morgan fingerprint density at radius 3 is 2.72 bits per heavy atom. The summed E-state index contributed by atoms with van der Waals surface area (Å²) < 4.78 is 21.4. The highest BCUT2D eigenvalue weighted by atomic mass is 19.1. The number of nitrogens with two attached hydrogens (primary N) is 1. The first-order valence-corrected chi connectivity index (χ1v) is 9.57. The van der Waals surface area contributed by atoms with Crippen molar-refractivity contribution in [3.63, 3.8) is 0 Å². The highest BCUT2D eigenvalue weighted by Gasteiger charge is 2.23. The molecule has 1 aliphatic rings. The molecule has 0 saturated carbocycles. The summed E-state index contributed by atoms with van der Waals surface area (Å²) in [6.45, 7) is 3.23. The molecule has 0 radical (unpaired) electrons. The summed E-state index contributed by atoms with van der Waals surface area (Å²) in [5, 5.41) is 13.8.